The number of nitrogens with two attached hydrogens (primary N) is 1. The van der Waals surface area contributed by atoms with Crippen LogP contribution in [0.25, 0.3) is 0 Å². The van der Waals surface area contributed by atoms with E-state index in [0.717, 1.165) is 18.6 Å². The van der Waals surface area contributed by atoms with Gasteiger partial charge in [-0.25, -0.2) is 4.39 Å². The number of rotatable bonds is 3. The maximum atomic E-state index is 12.9. The Morgan fingerprint density at radius 2 is 2.00 bits per heavy atom. The topological polar surface area (TPSA) is 50.4 Å². The lowest BCUT2D eigenvalue weighted by Crippen LogP contribution is -2.23. The lowest BCUT2D eigenvalue weighted by Gasteiger charge is -2.09. The Balaban J connectivity index is 2.89. The molecule has 0 atom stereocenters. The highest BCUT2D eigenvalue weighted by molar-refractivity contribution is 6.39. The molecule has 3 N–H and O–H groups in total. The Bertz CT molecular complexity index is 384. The van der Waals surface area contributed by atoms with Crippen molar-refractivity contribution in [3.63, 3.8) is 0 Å². The molecule has 6 heteroatoms. The standard InChI is InChI=1S/C10H12Cl2FN3/c1-2-3-15-10(14)16-9-7(11)4-6(13)5-8(9)12/h4-5H,2-3H2,1H3,(H3,14,15,16). The van der Waals surface area contributed by atoms with Gasteiger partial charge in [0.15, 0.2) is 5.96 Å². The Morgan fingerprint density at radius 3 is 2.50 bits per heavy atom. The van der Waals surface area contributed by atoms with Crippen molar-refractivity contribution in [3.8, 4) is 0 Å². The Labute approximate surface area is 103 Å². The van der Waals surface area contributed by atoms with Gasteiger partial charge in [0.05, 0.1) is 15.7 Å². The predicted octanol–water partition coefficient (Wildman–Crippen LogP) is 3.27. The number of halogens is 3. The maximum absolute atomic E-state index is 12.9. The Kier molecular flexibility index (Phi) is 4.83. The summed E-state index contributed by atoms with van der Waals surface area (Å²) in [5, 5.41) is 3.07. The molecule has 0 saturated carbocycles. The minimum atomic E-state index is -0.496. The summed E-state index contributed by atoms with van der Waals surface area (Å²) in [5.41, 5.74) is 5.96. The molecule has 0 spiro atoms. The SMILES string of the molecule is CCCN=C(N)Nc1c(Cl)cc(F)cc1Cl. The molecule has 0 amide bonds. The molecule has 1 aromatic rings. The lowest BCUT2D eigenvalue weighted by molar-refractivity contribution is 0.628. The van der Waals surface area contributed by atoms with Gasteiger partial charge in [-0.2, -0.15) is 0 Å². The van der Waals surface area contributed by atoms with Crippen molar-refractivity contribution in [2.75, 3.05) is 11.9 Å². The lowest BCUT2D eigenvalue weighted by atomic mass is 10.3. The normalized spacial score (nSPS) is 11.6. The molecule has 0 aromatic heterocycles. The molecule has 0 aliphatic heterocycles. The van der Waals surface area contributed by atoms with E-state index < -0.39 is 5.82 Å². The first-order chi connectivity index (χ1) is 7.54. The van der Waals surface area contributed by atoms with E-state index in [1.54, 1.807) is 0 Å². The highest BCUT2D eigenvalue weighted by Gasteiger charge is 2.08. The van der Waals surface area contributed by atoms with Crippen LogP contribution in [0.3, 0.4) is 0 Å². The Morgan fingerprint density at radius 1 is 1.44 bits per heavy atom. The van der Waals surface area contributed by atoms with Crippen molar-refractivity contribution in [2.24, 2.45) is 10.7 Å². The first-order valence-corrected chi connectivity index (χ1v) is 5.51. The second-order valence-corrected chi connectivity index (χ2v) is 3.95. The van der Waals surface area contributed by atoms with Crippen LogP contribution in [0.1, 0.15) is 13.3 Å². The van der Waals surface area contributed by atoms with Crippen molar-refractivity contribution in [2.45, 2.75) is 13.3 Å². The van der Waals surface area contributed by atoms with E-state index >= 15 is 0 Å². The van der Waals surface area contributed by atoms with Crippen LogP contribution in [0.15, 0.2) is 17.1 Å². The molecular formula is C10H12Cl2FN3. The second-order valence-electron chi connectivity index (χ2n) is 3.14. The van der Waals surface area contributed by atoms with Gasteiger partial charge in [-0.3, -0.25) is 4.99 Å². The molecule has 0 bridgehead atoms. The number of guanidine groups is 1. The third-order valence-electron chi connectivity index (χ3n) is 1.77. The molecule has 16 heavy (non-hydrogen) atoms. The van der Waals surface area contributed by atoms with Gasteiger partial charge in [-0.1, -0.05) is 30.1 Å². The highest BCUT2D eigenvalue weighted by Crippen LogP contribution is 2.31. The zero-order valence-corrected chi connectivity index (χ0v) is 10.2. The van der Waals surface area contributed by atoms with Crippen molar-refractivity contribution in [1.29, 1.82) is 0 Å². The molecule has 0 unspecified atom stereocenters. The van der Waals surface area contributed by atoms with Crippen molar-refractivity contribution < 1.29 is 4.39 Å². The fourth-order valence-electron chi connectivity index (χ4n) is 1.06. The minimum Gasteiger partial charge on any atom is -0.370 e. The van der Waals surface area contributed by atoms with Crippen LogP contribution in [0.4, 0.5) is 10.1 Å². The molecule has 0 radical (unpaired) electrons. The van der Waals surface area contributed by atoms with Crippen LogP contribution >= 0.6 is 23.2 Å². The van der Waals surface area contributed by atoms with Crippen molar-refractivity contribution in [1.82, 2.24) is 0 Å². The van der Waals surface area contributed by atoms with Crippen molar-refractivity contribution >= 4 is 34.8 Å². The Hall–Kier alpha value is -1.00. The van der Waals surface area contributed by atoms with Crippen LogP contribution in [0.2, 0.25) is 10.0 Å². The zero-order chi connectivity index (χ0) is 12.1. The molecule has 88 valence electrons. The van der Waals surface area contributed by atoms with E-state index in [2.05, 4.69) is 10.3 Å². The van der Waals surface area contributed by atoms with Gasteiger partial charge in [-0.15, -0.1) is 0 Å². The predicted molar refractivity (Wildman–Crippen MR) is 66.8 cm³/mol. The molecule has 1 aromatic carbocycles. The molecule has 0 saturated heterocycles. The van der Waals surface area contributed by atoms with E-state index in [1.807, 2.05) is 6.92 Å². The largest absolute Gasteiger partial charge is 0.370 e. The summed E-state index contributed by atoms with van der Waals surface area (Å²) in [4.78, 5) is 4.01. The number of benzene rings is 1. The second kappa shape index (κ2) is 5.92. The summed E-state index contributed by atoms with van der Waals surface area (Å²) in [6.45, 7) is 2.59. The van der Waals surface area contributed by atoms with Crippen molar-refractivity contribution in [3.05, 3.63) is 28.0 Å². The third-order valence-corrected chi connectivity index (χ3v) is 2.36. The first kappa shape index (κ1) is 13.1. The van der Waals surface area contributed by atoms with Crippen LogP contribution in [-0.2, 0) is 0 Å². The van der Waals surface area contributed by atoms with Gasteiger partial charge in [0.25, 0.3) is 0 Å². The quantitative estimate of drug-likeness (QED) is 0.650. The summed E-state index contributed by atoms with van der Waals surface area (Å²) >= 11 is 11.6. The molecule has 0 fully saturated rings. The monoisotopic (exact) mass is 263 g/mol. The zero-order valence-electron chi connectivity index (χ0n) is 8.73. The van der Waals surface area contributed by atoms with Gasteiger partial charge >= 0.3 is 0 Å². The molecular weight excluding hydrogens is 252 g/mol. The van der Waals surface area contributed by atoms with Gasteiger partial charge in [0.2, 0.25) is 0 Å². The average Bonchev–Trinajstić information content (AvgIpc) is 2.20. The van der Waals surface area contributed by atoms with E-state index in [0.29, 0.717) is 12.2 Å². The van der Waals surface area contributed by atoms with Crippen LogP contribution in [-0.4, -0.2) is 12.5 Å². The summed E-state index contributed by atoms with van der Waals surface area (Å²) in [5.74, 6) is -0.290. The van der Waals surface area contributed by atoms with E-state index in [-0.39, 0.29) is 16.0 Å². The summed E-state index contributed by atoms with van der Waals surface area (Å²) in [7, 11) is 0. The van der Waals surface area contributed by atoms with E-state index in [1.165, 1.54) is 0 Å². The van der Waals surface area contributed by atoms with Crippen LogP contribution < -0.4 is 11.1 Å². The minimum absolute atomic E-state index is 0.166. The van der Waals surface area contributed by atoms with Crippen LogP contribution in [0, 0.1) is 5.82 Å². The molecule has 0 aliphatic carbocycles. The summed E-state index contributed by atoms with van der Waals surface area (Å²) in [6.07, 6.45) is 0.882. The van der Waals surface area contributed by atoms with Crippen LogP contribution in [0.5, 0.6) is 0 Å². The fraction of sp³-hybridized carbons (Fsp3) is 0.300. The molecule has 0 heterocycles. The third kappa shape index (κ3) is 3.54. The molecule has 0 aliphatic rings. The number of nitrogens with zero attached hydrogens (tertiary/aromatic N) is 1. The van der Waals surface area contributed by atoms with Gasteiger partial charge in [0.1, 0.15) is 5.82 Å². The molecule has 1 rings (SSSR count). The average molecular weight is 264 g/mol. The number of hydrogen-bond donors (Lipinski definition) is 2. The van der Waals surface area contributed by atoms with E-state index in [4.69, 9.17) is 28.9 Å². The molecule has 3 nitrogen and oxygen atoms in total. The first-order valence-electron chi connectivity index (χ1n) is 4.76. The van der Waals surface area contributed by atoms with Gasteiger partial charge < -0.3 is 11.1 Å². The number of aliphatic imine (C=N–C) groups is 1. The van der Waals surface area contributed by atoms with Gasteiger partial charge in [-0.05, 0) is 18.6 Å². The highest BCUT2D eigenvalue weighted by atomic mass is 35.5. The number of nitrogens with one attached hydrogen (secondary N) is 1. The number of hydrogen-bond acceptors (Lipinski definition) is 1. The summed E-state index contributed by atoms with van der Waals surface area (Å²) < 4.78 is 12.9. The fourth-order valence-corrected chi connectivity index (χ4v) is 1.62. The maximum Gasteiger partial charge on any atom is 0.193 e. The summed E-state index contributed by atoms with van der Waals surface area (Å²) in [6, 6.07) is 2.31. The van der Waals surface area contributed by atoms with E-state index in [9.17, 15) is 4.39 Å². The van der Waals surface area contributed by atoms with Gasteiger partial charge in [0, 0.05) is 6.54 Å². The number of anilines is 1. The smallest absolute Gasteiger partial charge is 0.193 e.